The highest BCUT2D eigenvalue weighted by Crippen LogP contribution is 2.30. The van der Waals surface area contributed by atoms with E-state index >= 15 is 0 Å². The fourth-order valence-corrected chi connectivity index (χ4v) is 4.42. The molecule has 0 atom stereocenters. The number of hydrogen-bond donors (Lipinski definition) is 1. The van der Waals surface area contributed by atoms with Gasteiger partial charge in [0, 0.05) is 43.5 Å². The fraction of sp³-hybridized carbons (Fsp3) is 0.391. The normalized spacial score (nSPS) is 17.2. The summed E-state index contributed by atoms with van der Waals surface area (Å²) < 4.78 is 12.6. The lowest BCUT2D eigenvalue weighted by atomic mass is 10.1. The molecule has 1 N–H and O–H groups in total. The van der Waals surface area contributed by atoms with E-state index in [-0.39, 0.29) is 12.5 Å². The number of morpholine rings is 2. The molecule has 170 valence electrons. The van der Waals surface area contributed by atoms with E-state index in [0.29, 0.717) is 51.1 Å². The van der Waals surface area contributed by atoms with Crippen molar-refractivity contribution in [3.05, 3.63) is 36.7 Å². The Morgan fingerprint density at radius 1 is 1.00 bits per heavy atom. The van der Waals surface area contributed by atoms with E-state index in [2.05, 4.69) is 33.2 Å². The summed E-state index contributed by atoms with van der Waals surface area (Å²) in [7, 11) is 0. The van der Waals surface area contributed by atoms with E-state index in [9.17, 15) is 4.79 Å². The Morgan fingerprint density at radius 2 is 1.79 bits per heavy atom. The Kier molecular flexibility index (Phi) is 5.16. The van der Waals surface area contributed by atoms with Crippen molar-refractivity contribution >= 4 is 33.8 Å². The largest absolute Gasteiger partial charge is 0.378 e. The van der Waals surface area contributed by atoms with Gasteiger partial charge in [0.25, 0.3) is 0 Å². The predicted octanol–water partition coefficient (Wildman–Crippen LogP) is 1.67. The molecule has 3 aromatic heterocycles. The summed E-state index contributed by atoms with van der Waals surface area (Å²) in [4.78, 5) is 29.9. The van der Waals surface area contributed by atoms with Gasteiger partial charge in [0.05, 0.1) is 43.7 Å². The van der Waals surface area contributed by atoms with Gasteiger partial charge < -0.3 is 24.3 Å². The van der Waals surface area contributed by atoms with Crippen LogP contribution in [-0.2, 0) is 20.8 Å². The number of nitrogens with zero attached hydrogens (tertiary/aromatic N) is 6. The molecule has 0 radical (unpaired) electrons. The maximum atomic E-state index is 12.9. The van der Waals surface area contributed by atoms with Crippen molar-refractivity contribution in [2.75, 3.05) is 57.5 Å². The van der Waals surface area contributed by atoms with Crippen molar-refractivity contribution in [3.8, 4) is 11.3 Å². The highest BCUT2D eigenvalue weighted by atomic mass is 16.5. The maximum absolute atomic E-state index is 12.9. The predicted molar refractivity (Wildman–Crippen MR) is 123 cm³/mol. The second kappa shape index (κ2) is 8.45. The van der Waals surface area contributed by atoms with Crippen molar-refractivity contribution in [3.63, 3.8) is 0 Å². The number of hydrogen-bond acceptors (Lipinski definition) is 7. The van der Waals surface area contributed by atoms with Crippen molar-refractivity contribution in [1.82, 2.24) is 29.6 Å². The number of aromatic amines is 1. The van der Waals surface area contributed by atoms with Crippen LogP contribution in [0.15, 0.2) is 36.7 Å². The van der Waals surface area contributed by atoms with Gasteiger partial charge in [-0.3, -0.25) is 4.79 Å². The van der Waals surface area contributed by atoms with Crippen LogP contribution >= 0.6 is 0 Å². The van der Waals surface area contributed by atoms with Crippen molar-refractivity contribution in [2.24, 2.45) is 0 Å². The molecule has 2 aliphatic rings. The minimum Gasteiger partial charge on any atom is -0.378 e. The number of fused-ring (bicyclic) bond motifs is 2. The molecule has 0 saturated carbocycles. The zero-order valence-corrected chi connectivity index (χ0v) is 18.2. The van der Waals surface area contributed by atoms with Gasteiger partial charge in [-0.2, -0.15) is 10.1 Å². The van der Waals surface area contributed by atoms with Gasteiger partial charge in [0.15, 0.2) is 5.65 Å². The zero-order chi connectivity index (χ0) is 22.2. The molecular weight excluding hydrogens is 422 g/mol. The number of nitrogens with one attached hydrogen (secondary N) is 1. The summed E-state index contributed by atoms with van der Waals surface area (Å²) in [6, 6.07) is 8.28. The van der Waals surface area contributed by atoms with E-state index in [1.165, 1.54) is 0 Å². The molecule has 10 heteroatoms. The molecule has 2 saturated heterocycles. The second-order valence-corrected chi connectivity index (χ2v) is 8.28. The first-order valence-corrected chi connectivity index (χ1v) is 11.3. The third-order valence-electron chi connectivity index (χ3n) is 6.26. The van der Waals surface area contributed by atoms with Crippen LogP contribution in [0.1, 0.15) is 0 Å². The van der Waals surface area contributed by atoms with Crippen LogP contribution in [0.4, 0.5) is 5.95 Å². The number of ether oxygens (including phenoxy) is 2. The molecule has 0 unspecified atom stereocenters. The smallest absolute Gasteiger partial charge is 0.244 e. The van der Waals surface area contributed by atoms with E-state index in [4.69, 9.17) is 19.4 Å². The van der Waals surface area contributed by atoms with Gasteiger partial charge in [0.2, 0.25) is 11.9 Å². The quantitative estimate of drug-likeness (QED) is 0.508. The van der Waals surface area contributed by atoms with Crippen LogP contribution in [0.25, 0.3) is 33.2 Å². The van der Waals surface area contributed by atoms with Crippen LogP contribution in [-0.4, -0.2) is 88.1 Å². The Hall–Kier alpha value is -3.50. The average Bonchev–Trinajstić information content (AvgIpc) is 3.51. The molecule has 4 aromatic rings. The van der Waals surface area contributed by atoms with E-state index < -0.39 is 0 Å². The van der Waals surface area contributed by atoms with Crippen LogP contribution in [0.5, 0.6) is 0 Å². The first-order chi connectivity index (χ1) is 16.3. The Labute approximate surface area is 190 Å². The Balaban J connectivity index is 1.43. The lowest BCUT2D eigenvalue weighted by molar-refractivity contribution is -0.136. The molecule has 33 heavy (non-hydrogen) atoms. The first-order valence-electron chi connectivity index (χ1n) is 11.3. The van der Waals surface area contributed by atoms with Gasteiger partial charge >= 0.3 is 0 Å². The van der Waals surface area contributed by atoms with Crippen LogP contribution in [0.3, 0.4) is 0 Å². The number of carbonyl (C=O) groups excluding carboxylic acids is 1. The first kappa shape index (κ1) is 20.1. The minimum absolute atomic E-state index is 0.0178. The summed E-state index contributed by atoms with van der Waals surface area (Å²) in [5.41, 5.74) is 3.49. The third kappa shape index (κ3) is 3.81. The highest BCUT2D eigenvalue weighted by Gasteiger charge is 2.23. The van der Waals surface area contributed by atoms with Crippen molar-refractivity contribution in [2.45, 2.75) is 6.54 Å². The monoisotopic (exact) mass is 447 g/mol. The molecule has 10 nitrogen and oxygen atoms in total. The fourth-order valence-electron chi connectivity index (χ4n) is 4.42. The summed E-state index contributed by atoms with van der Waals surface area (Å²) >= 11 is 0. The lowest BCUT2D eigenvalue weighted by Crippen LogP contribution is -2.42. The van der Waals surface area contributed by atoms with Crippen LogP contribution in [0, 0.1) is 0 Å². The standard InChI is InChI=1S/C23H25N7O3/c31-20(28-5-9-32-10-6-28)15-30-22-18(14-25-30)21(17-2-1-16-3-4-24-19(16)13-17)26-23(27-22)29-7-11-33-12-8-29/h1-4,13-14,24H,5-12,15H2. The number of rotatable bonds is 4. The number of aromatic nitrogens is 5. The lowest BCUT2D eigenvalue weighted by Gasteiger charge is -2.27. The topological polar surface area (TPSA) is 101 Å². The number of H-pyrrole nitrogens is 1. The molecule has 6 rings (SSSR count). The number of amides is 1. The number of benzene rings is 1. The molecule has 0 spiro atoms. The molecule has 1 amide bonds. The van der Waals surface area contributed by atoms with Crippen molar-refractivity contribution < 1.29 is 14.3 Å². The Morgan fingerprint density at radius 3 is 2.61 bits per heavy atom. The number of anilines is 1. The van der Waals surface area contributed by atoms with Gasteiger partial charge in [-0.25, -0.2) is 9.67 Å². The van der Waals surface area contributed by atoms with Gasteiger partial charge in [-0.05, 0) is 17.5 Å². The van der Waals surface area contributed by atoms with Gasteiger partial charge in [0.1, 0.15) is 6.54 Å². The molecule has 5 heterocycles. The maximum Gasteiger partial charge on any atom is 0.244 e. The van der Waals surface area contributed by atoms with Crippen molar-refractivity contribution in [1.29, 1.82) is 0 Å². The van der Waals surface area contributed by atoms with E-state index in [1.54, 1.807) is 10.9 Å². The average molecular weight is 447 g/mol. The summed E-state index contributed by atoms with van der Waals surface area (Å²) in [5, 5.41) is 6.51. The highest BCUT2D eigenvalue weighted by molar-refractivity contribution is 5.94. The van der Waals surface area contributed by atoms with Gasteiger partial charge in [-0.1, -0.05) is 12.1 Å². The van der Waals surface area contributed by atoms with E-state index in [0.717, 1.165) is 40.6 Å². The van der Waals surface area contributed by atoms with Crippen LogP contribution in [0.2, 0.25) is 0 Å². The third-order valence-corrected chi connectivity index (χ3v) is 6.26. The molecule has 1 aromatic carbocycles. The Bertz CT molecular complexity index is 1300. The zero-order valence-electron chi connectivity index (χ0n) is 18.2. The molecule has 0 bridgehead atoms. The second-order valence-electron chi connectivity index (χ2n) is 8.28. The minimum atomic E-state index is 0.0178. The summed E-state index contributed by atoms with van der Waals surface area (Å²) in [6.07, 6.45) is 3.69. The SMILES string of the molecule is O=C(Cn1ncc2c(-c3ccc4cc[nH]c4c3)nc(N3CCOCC3)nc21)N1CCOCC1. The molecular formula is C23H25N7O3. The van der Waals surface area contributed by atoms with E-state index in [1.807, 2.05) is 17.2 Å². The van der Waals surface area contributed by atoms with Gasteiger partial charge in [-0.15, -0.1) is 0 Å². The molecule has 2 fully saturated rings. The summed E-state index contributed by atoms with van der Waals surface area (Å²) in [6.45, 7) is 5.21. The molecule has 0 aliphatic carbocycles. The number of carbonyl (C=O) groups is 1. The van der Waals surface area contributed by atoms with Crippen LogP contribution < -0.4 is 4.90 Å². The summed E-state index contributed by atoms with van der Waals surface area (Å²) in [5.74, 6) is 0.650. The molecule has 2 aliphatic heterocycles.